The molecule has 2 N–H and O–H groups in total. The SMILES string of the molecule is CO/N=C(\C)c1ccc(NC(=O)c2ccccc2)cc1O. The Kier molecular flexibility index (Phi) is 4.56. The van der Waals surface area contributed by atoms with E-state index in [-0.39, 0.29) is 11.7 Å². The number of phenolic OH excluding ortho intramolecular Hbond substituents is 1. The highest BCUT2D eigenvalue weighted by Crippen LogP contribution is 2.23. The largest absolute Gasteiger partial charge is 0.507 e. The summed E-state index contributed by atoms with van der Waals surface area (Å²) in [6.45, 7) is 1.72. The number of nitrogens with zero attached hydrogens (tertiary/aromatic N) is 1. The number of phenols is 1. The van der Waals surface area contributed by atoms with Gasteiger partial charge in [0.25, 0.3) is 5.91 Å². The standard InChI is InChI=1S/C16H16N2O3/c1-11(18-21-2)14-9-8-13(10-15(14)19)17-16(20)12-6-4-3-5-7-12/h3-10,19H,1-2H3,(H,17,20)/b18-11+. The number of benzene rings is 2. The summed E-state index contributed by atoms with van der Waals surface area (Å²) in [5.74, 6) is -0.204. The highest BCUT2D eigenvalue weighted by molar-refractivity contribution is 6.05. The Labute approximate surface area is 122 Å². The minimum absolute atomic E-state index is 0.0270. The highest BCUT2D eigenvalue weighted by Gasteiger charge is 2.09. The van der Waals surface area contributed by atoms with Crippen LogP contribution in [0.4, 0.5) is 5.69 Å². The predicted molar refractivity (Wildman–Crippen MR) is 81.7 cm³/mol. The van der Waals surface area contributed by atoms with E-state index in [1.165, 1.54) is 13.2 Å². The molecule has 0 spiro atoms. The molecule has 0 aliphatic carbocycles. The monoisotopic (exact) mass is 284 g/mol. The quantitative estimate of drug-likeness (QED) is 0.669. The molecule has 0 bridgehead atoms. The van der Waals surface area contributed by atoms with Crippen LogP contribution in [0.2, 0.25) is 0 Å². The van der Waals surface area contributed by atoms with Gasteiger partial charge in [0.1, 0.15) is 12.9 Å². The van der Waals surface area contributed by atoms with Crippen LogP contribution in [0, 0.1) is 0 Å². The van der Waals surface area contributed by atoms with Crippen LogP contribution in [0.15, 0.2) is 53.7 Å². The third-order valence-electron chi connectivity index (χ3n) is 2.91. The summed E-state index contributed by atoms with van der Waals surface area (Å²) in [7, 11) is 1.44. The zero-order valence-electron chi connectivity index (χ0n) is 11.8. The lowest BCUT2D eigenvalue weighted by atomic mass is 10.1. The van der Waals surface area contributed by atoms with E-state index in [1.807, 2.05) is 6.07 Å². The number of amides is 1. The Morgan fingerprint density at radius 3 is 2.52 bits per heavy atom. The van der Waals surface area contributed by atoms with Crippen molar-refractivity contribution in [3.8, 4) is 5.75 Å². The van der Waals surface area contributed by atoms with Crippen molar-refractivity contribution in [3.05, 3.63) is 59.7 Å². The first-order valence-electron chi connectivity index (χ1n) is 6.39. The molecule has 0 aliphatic rings. The minimum atomic E-state index is -0.231. The third-order valence-corrected chi connectivity index (χ3v) is 2.91. The lowest BCUT2D eigenvalue weighted by Crippen LogP contribution is -2.11. The summed E-state index contributed by atoms with van der Waals surface area (Å²) in [4.78, 5) is 16.7. The first-order valence-corrected chi connectivity index (χ1v) is 6.39. The number of oxime groups is 1. The van der Waals surface area contributed by atoms with Crippen LogP contribution in [-0.4, -0.2) is 23.8 Å². The molecular weight excluding hydrogens is 268 g/mol. The summed E-state index contributed by atoms with van der Waals surface area (Å²) in [5, 5.41) is 16.5. The Hall–Kier alpha value is -2.82. The van der Waals surface area contributed by atoms with Crippen molar-refractivity contribution in [2.45, 2.75) is 6.92 Å². The number of rotatable bonds is 4. The van der Waals surface area contributed by atoms with Gasteiger partial charge >= 0.3 is 0 Å². The first kappa shape index (κ1) is 14.6. The molecule has 0 fully saturated rings. The van der Waals surface area contributed by atoms with Gasteiger partial charge in [-0.05, 0) is 31.2 Å². The molecule has 2 rings (SSSR count). The molecule has 0 saturated heterocycles. The number of anilines is 1. The van der Waals surface area contributed by atoms with Gasteiger partial charge in [-0.3, -0.25) is 4.79 Å². The second-order valence-electron chi connectivity index (χ2n) is 4.41. The fourth-order valence-electron chi connectivity index (χ4n) is 1.89. The molecule has 0 aliphatic heterocycles. The molecule has 21 heavy (non-hydrogen) atoms. The van der Waals surface area contributed by atoms with Crippen molar-refractivity contribution in [2.24, 2.45) is 5.16 Å². The van der Waals surface area contributed by atoms with E-state index in [9.17, 15) is 9.90 Å². The molecule has 0 heterocycles. The van der Waals surface area contributed by atoms with E-state index in [4.69, 9.17) is 0 Å². The van der Waals surface area contributed by atoms with E-state index >= 15 is 0 Å². The molecular formula is C16H16N2O3. The van der Waals surface area contributed by atoms with Crippen LogP contribution in [0.3, 0.4) is 0 Å². The molecule has 2 aromatic carbocycles. The summed E-state index contributed by atoms with van der Waals surface area (Å²) in [6, 6.07) is 13.7. The zero-order valence-corrected chi connectivity index (χ0v) is 11.8. The van der Waals surface area contributed by atoms with E-state index < -0.39 is 0 Å². The summed E-state index contributed by atoms with van der Waals surface area (Å²) < 4.78 is 0. The molecule has 0 unspecified atom stereocenters. The summed E-state index contributed by atoms with van der Waals surface area (Å²) in [5.41, 5.74) is 2.17. The van der Waals surface area contributed by atoms with Gasteiger partial charge in [0.2, 0.25) is 0 Å². The molecule has 0 atom stereocenters. The zero-order chi connectivity index (χ0) is 15.2. The molecule has 5 nitrogen and oxygen atoms in total. The van der Waals surface area contributed by atoms with Gasteiger partial charge in [0.05, 0.1) is 5.71 Å². The minimum Gasteiger partial charge on any atom is -0.507 e. The van der Waals surface area contributed by atoms with Gasteiger partial charge in [-0.15, -0.1) is 0 Å². The molecule has 108 valence electrons. The normalized spacial score (nSPS) is 11.0. The summed E-state index contributed by atoms with van der Waals surface area (Å²) >= 11 is 0. The highest BCUT2D eigenvalue weighted by atomic mass is 16.6. The maximum Gasteiger partial charge on any atom is 0.255 e. The predicted octanol–water partition coefficient (Wildman–Crippen LogP) is 3.01. The van der Waals surface area contributed by atoms with Crippen molar-refractivity contribution in [1.82, 2.24) is 0 Å². The molecule has 2 aromatic rings. The lowest BCUT2D eigenvalue weighted by molar-refractivity contribution is 0.102. The van der Waals surface area contributed by atoms with E-state index in [0.717, 1.165) is 0 Å². The van der Waals surface area contributed by atoms with E-state index in [0.29, 0.717) is 22.5 Å². The van der Waals surface area contributed by atoms with Gasteiger partial charge in [-0.1, -0.05) is 23.4 Å². The maximum absolute atomic E-state index is 12.0. The molecule has 5 heteroatoms. The Morgan fingerprint density at radius 1 is 1.19 bits per heavy atom. The first-order chi connectivity index (χ1) is 10.1. The Morgan fingerprint density at radius 2 is 1.90 bits per heavy atom. The average molecular weight is 284 g/mol. The Balaban J connectivity index is 2.18. The van der Waals surface area contributed by atoms with E-state index in [1.54, 1.807) is 43.3 Å². The van der Waals surface area contributed by atoms with Gasteiger partial charge in [-0.25, -0.2) is 0 Å². The fourth-order valence-corrected chi connectivity index (χ4v) is 1.89. The van der Waals surface area contributed by atoms with Crippen molar-refractivity contribution in [2.75, 3.05) is 12.4 Å². The topological polar surface area (TPSA) is 70.9 Å². The van der Waals surface area contributed by atoms with Gasteiger partial charge < -0.3 is 15.3 Å². The van der Waals surface area contributed by atoms with Crippen LogP contribution in [0.25, 0.3) is 0 Å². The molecule has 1 amide bonds. The summed E-state index contributed by atoms with van der Waals surface area (Å²) in [6.07, 6.45) is 0. The number of nitrogens with one attached hydrogen (secondary N) is 1. The number of hydrogen-bond donors (Lipinski definition) is 2. The van der Waals surface area contributed by atoms with Crippen molar-refractivity contribution >= 4 is 17.3 Å². The lowest BCUT2D eigenvalue weighted by Gasteiger charge is -2.08. The number of aromatic hydroxyl groups is 1. The van der Waals surface area contributed by atoms with E-state index in [2.05, 4.69) is 15.3 Å². The van der Waals surface area contributed by atoms with Gasteiger partial charge in [0.15, 0.2) is 0 Å². The van der Waals surface area contributed by atoms with Gasteiger partial charge in [0, 0.05) is 22.9 Å². The van der Waals surface area contributed by atoms with Crippen LogP contribution in [0.1, 0.15) is 22.8 Å². The van der Waals surface area contributed by atoms with Crippen LogP contribution < -0.4 is 5.32 Å². The van der Waals surface area contributed by atoms with Crippen molar-refractivity contribution in [1.29, 1.82) is 0 Å². The smallest absolute Gasteiger partial charge is 0.255 e. The molecule has 0 radical (unpaired) electrons. The number of carbonyl (C=O) groups excluding carboxylic acids is 1. The van der Waals surface area contributed by atoms with Gasteiger partial charge in [-0.2, -0.15) is 0 Å². The van der Waals surface area contributed by atoms with Crippen LogP contribution >= 0.6 is 0 Å². The van der Waals surface area contributed by atoms with Crippen molar-refractivity contribution < 1.29 is 14.7 Å². The molecule has 0 aromatic heterocycles. The second-order valence-corrected chi connectivity index (χ2v) is 4.41. The second kappa shape index (κ2) is 6.56. The fraction of sp³-hybridized carbons (Fsp3) is 0.125. The number of hydrogen-bond acceptors (Lipinski definition) is 4. The van der Waals surface area contributed by atoms with Crippen LogP contribution in [-0.2, 0) is 4.84 Å². The number of carbonyl (C=O) groups is 1. The Bertz CT molecular complexity index is 666. The van der Waals surface area contributed by atoms with Crippen LogP contribution in [0.5, 0.6) is 5.75 Å². The maximum atomic E-state index is 12.0. The molecule has 0 saturated carbocycles. The average Bonchev–Trinajstić information content (AvgIpc) is 2.48. The van der Waals surface area contributed by atoms with Crippen molar-refractivity contribution in [3.63, 3.8) is 0 Å². The third kappa shape index (κ3) is 3.60.